The highest BCUT2D eigenvalue weighted by Crippen LogP contribution is 2.44. The first-order valence-corrected chi connectivity index (χ1v) is 12.6. The number of para-hydroxylation sites is 1. The largest absolute Gasteiger partial charge is 0.507 e. The second kappa shape index (κ2) is 9.97. The molecule has 1 unspecified atom stereocenters. The summed E-state index contributed by atoms with van der Waals surface area (Å²) >= 11 is 0. The molecule has 3 aromatic carbocycles. The number of Topliss-reactive ketones (excluding diaryl/α,β-unsaturated/α-hetero) is 1. The van der Waals surface area contributed by atoms with Crippen LogP contribution in [0.25, 0.3) is 16.7 Å². The van der Waals surface area contributed by atoms with Gasteiger partial charge in [-0.1, -0.05) is 56.3 Å². The Labute approximate surface area is 216 Å². The first-order valence-electron chi connectivity index (χ1n) is 12.6. The number of fused-ring (bicyclic) bond motifs is 1. The minimum Gasteiger partial charge on any atom is -0.507 e. The second-order valence-corrected chi connectivity index (χ2v) is 9.28. The topological polar surface area (TPSA) is 71.8 Å². The molecule has 1 aromatic heterocycles. The van der Waals surface area contributed by atoms with Crippen molar-refractivity contribution < 1.29 is 19.4 Å². The Balaban J connectivity index is 1.73. The number of anilines is 1. The van der Waals surface area contributed by atoms with E-state index < -0.39 is 17.7 Å². The van der Waals surface area contributed by atoms with Crippen molar-refractivity contribution >= 4 is 34.0 Å². The molecule has 1 amide bonds. The lowest BCUT2D eigenvalue weighted by Crippen LogP contribution is -2.29. The van der Waals surface area contributed by atoms with Gasteiger partial charge in [-0.05, 0) is 48.7 Å². The predicted octanol–water partition coefficient (Wildman–Crippen LogP) is 6.16. The zero-order valence-corrected chi connectivity index (χ0v) is 21.3. The molecule has 0 saturated carbocycles. The van der Waals surface area contributed by atoms with Crippen molar-refractivity contribution in [2.75, 3.05) is 11.5 Å². The number of ketones is 1. The molecular weight excluding hydrogens is 464 g/mol. The van der Waals surface area contributed by atoms with Gasteiger partial charge in [-0.15, -0.1) is 0 Å². The van der Waals surface area contributed by atoms with Crippen LogP contribution < -0.4 is 9.64 Å². The molecule has 37 heavy (non-hydrogen) atoms. The number of rotatable bonds is 7. The van der Waals surface area contributed by atoms with Gasteiger partial charge < -0.3 is 14.4 Å². The van der Waals surface area contributed by atoms with Crippen molar-refractivity contribution in [3.8, 4) is 5.75 Å². The lowest BCUT2D eigenvalue weighted by molar-refractivity contribution is -0.132. The molecule has 1 N–H and O–H groups in total. The van der Waals surface area contributed by atoms with Gasteiger partial charge in [0.05, 0.1) is 18.2 Å². The van der Waals surface area contributed by atoms with E-state index in [2.05, 4.69) is 6.92 Å². The van der Waals surface area contributed by atoms with Gasteiger partial charge in [0.2, 0.25) is 0 Å². The molecule has 6 heteroatoms. The molecule has 0 aliphatic carbocycles. The maximum atomic E-state index is 13.6. The minimum absolute atomic E-state index is 0.0635. The molecule has 5 rings (SSSR count). The molecule has 188 valence electrons. The van der Waals surface area contributed by atoms with E-state index in [-0.39, 0.29) is 11.3 Å². The van der Waals surface area contributed by atoms with E-state index >= 15 is 0 Å². The van der Waals surface area contributed by atoms with E-state index in [1.807, 2.05) is 79.3 Å². The summed E-state index contributed by atoms with van der Waals surface area (Å²) in [5.41, 5.74) is 3.98. The highest BCUT2D eigenvalue weighted by atomic mass is 16.5. The monoisotopic (exact) mass is 494 g/mol. The van der Waals surface area contributed by atoms with Crippen LogP contribution in [0.3, 0.4) is 0 Å². The SMILES string of the molecule is CCCOc1cccc(/C(O)=C2\C(=O)C(=O)N(c3ccc(CC)cc3)C2c2cn(C)c3ccccc23)c1. The fourth-order valence-electron chi connectivity index (χ4n) is 4.98. The van der Waals surface area contributed by atoms with Crippen molar-refractivity contribution in [3.05, 3.63) is 101 Å². The van der Waals surface area contributed by atoms with Crippen molar-refractivity contribution in [1.82, 2.24) is 4.57 Å². The summed E-state index contributed by atoms with van der Waals surface area (Å²) in [5.74, 6) is -1.00. The fraction of sp³-hybridized carbons (Fsp3) is 0.226. The summed E-state index contributed by atoms with van der Waals surface area (Å²) in [6, 6.07) is 21.7. The summed E-state index contributed by atoms with van der Waals surface area (Å²) in [4.78, 5) is 28.6. The molecule has 6 nitrogen and oxygen atoms in total. The lowest BCUT2D eigenvalue weighted by atomic mass is 9.94. The van der Waals surface area contributed by atoms with Crippen LogP contribution in [0, 0.1) is 0 Å². The van der Waals surface area contributed by atoms with Crippen LogP contribution in [-0.4, -0.2) is 28.0 Å². The number of amides is 1. The third kappa shape index (κ3) is 4.29. The zero-order valence-electron chi connectivity index (χ0n) is 21.3. The van der Waals surface area contributed by atoms with Gasteiger partial charge in [-0.25, -0.2) is 0 Å². The van der Waals surface area contributed by atoms with Gasteiger partial charge >= 0.3 is 0 Å². The Kier molecular flexibility index (Phi) is 6.57. The maximum Gasteiger partial charge on any atom is 0.300 e. The van der Waals surface area contributed by atoms with Crippen LogP contribution in [0.15, 0.2) is 84.6 Å². The molecule has 0 spiro atoms. The smallest absolute Gasteiger partial charge is 0.300 e. The minimum atomic E-state index is -0.793. The Morgan fingerprint density at radius 2 is 1.73 bits per heavy atom. The summed E-state index contributed by atoms with van der Waals surface area (Å²) in [6.07, 6.45) is 3.64. The molecule has 1 saturated heterocycles. The van der Waals surface area contributed by atoms with E-state index in [0.29, 0.717) is 23.6 Å². The molecule has 2 heterocycles. The Bertz CT molecular complexity index is 1510. The van der Waals surface area contributed by atoms with Crippen molar-refractivity contribution in [1.29, 1.82) is 0 Å². The molecule has 0 bridgehead atoms. The van der Waals surface area contributed by atoms with Gasteiger partial charge in [-0.2, -0.15) is 0 Å². The van der Waals surface area contributed by atoms with E-state index in [0.717, 1.165) is 34.9 Å². The van der Waals surface area contributed by atoms with E-state index in [1.165, 1.54) is 4.90 Å². The first kappa shape index (κ1) is 24.4. The lowest BCUT2D eigenvalue weighted by Gasteiger charge is -2.25. The van der Waals surface area contributed by atoms with E-state index in [9.17, 15) is 14.7 Å². The van der Waals surface area contributed by atoms with Gasteiger partial charge in [0.25, 0.3) is 11.7 Å². The van der Waals surface area contributed by atoms with Crippen molar-refractivity contribution in [2.45, 2.75) is 32.7 Å². The number of nitrogens with zero attached hydrogens (tertiary/aromatic N) is 2. The van der Waals surface area contributed by atoms with Gasteiger partial charge in [-0.3, -0.25) is 14.5 Å². The number of aromatic nitrogens is 1. The molecular formula is C31H30N2O4. The standard InChI is InChI=1S/C31H30N2O4/c1-4-17-37-23-10-8-9-21(18-23)29(34)27-28(25-19-32(3)26-12-7-6-11-24(25)26)33(31(36)30(27)35)22-15-13-20(5-2)14-16-22/h6-16,18-19,28,34H,4-5,17H2,1-3H3/b29-27+. The number of hydrogen-bond acceptors (Lipinski definition) is 4. The molecule has 1 aliphatic rings. The average molecular weight is 495 g/mol. The fourth-order valence-corrected chi connectivity index (χ4v) is 4.98. The van der Waals surface area contributed by atoms with Crippen LogP contribution in [0.1, 0.15) is 43.0 Å². The summed E-state index contributed by atoms with van der Waals surface area (Å²) < 4.78 is 7.72. The molecule has 1 atom stereocenters. The molecule has 0 radical (unpaired) electrons. The van der Waals surface area contributed by atoms with Gasteiger partial charge in [0.1, 0.15) is 11.5 Å². The van der Waals surface area contributed by atoms with Gasteiger partial charge in [0.15, 0.2) is 0 Å². The summed E-state index contributed by atoms with van der Waals surface area (Å²) in [5, 5.41) is 12.4. The third-order valence-corrected chi connectivity index (χ3v) is 6.87. The number of aryl methyl sites for hydroxylation is 2. The highest BCUT2D eigenvalue weighted by Gasteiger charge is 2.47. The Morgan fingerprint density at radius 1 is 0.973 bits per heavy atom. The number of aliphatic hydroxyl groups is 1. The number of aliphatic hydroxyl groups excluding tert-OH is 1. The molecule has 4 aromatic rings. The average Bonchev–Trinajstić information content (AvgIpc) is 3.40. The van der Waals surface area contributed by atoms with Crippen molar-refractivity contribution in [3.63, 3.8) is 0 Å². The summed E-state index contributed by atoms with van der Waals surface area (Å²) in [6.45, 7) is 4.62. The van der Waals surface area contributed by atoms with Gasteiger partial charge in [0, 0.05) is 41.0 Å². The highest BCUT2D eigenvalue weighted by molar-refractivity contribution is 6.51. The van der Waals surface area contributed by atoms with E-state index in [1.54, 1.807) is 18.2 Å². The number of ether oxygens (including phenoxy) is 1. The third-order valence-electron chi connectivity index (χ3n) is 6.87. The van der Waals surface area contributed by atoms with E-state index in [4.69, 9.17) is 4.74 Å². The van der Waals surface area contributed by atoms with Crippen molar-refractivity contribution in [2.24, 2.45) is 7.05 Å². The number of carbonyl (C=O) groups is 2. The van der Waals surface area contributed by atoms with Crippen LogP contribution in [0.4, 0.5) is 5.69 Å². The van der Waals surface area contributed by atoms with Crippen LogP contribution in [-0.2, 0) is 23.1 Å². The predicted molar refractivity (Wildman–Crippen MR) is 146 cm³/mol. The summed E-state index contributed by atoms with van der Waals surface area (Å²) in [7, 11) is 1.93. The second-order valence-electron chi connectivity index (χ2n) is 9.28. The van der Waals surface area contributed by atoms with Crippen LogP contribution in [0.5, 0.6) is 5.75 Å². The number of hydrogen-bond donors (Lipinski definition) is 1. The number of carbonyl (C=O) groups excluding carboxylic acids is 2. The quantitative estimate of drug-likeness (QED) is 0.190. The maximum absolute atomic E-state index is 13.6. The molecule has 1 fully saturated rings. The van der Waals surface area contributed by atoms with Crippen LogP contribution >= 0.6 is 0 Å². The zero-order chi connectivity index (χ0) is 26.1. The Hall–Kier alpha value is -4.32. The number of benzene rings is 3. The molecule has 1 aliphatic heterocycles. The first-order chi connectivity index (χ1) is 17.9. The van der Waals surface area contributed by atoms with Crippen LogP contribution in [0.2, 0.25) is 0 Å². The Morgan fingerprint density at radius 3 is 2.46 bits per heavy atom. The normalized spacial score (nSPS) is 17.1.